The number of fused-ring (bicyclic) bond motifs is 1. The number of hydrogen-bond acceptors (Lipinski definition) is 2. The molecule has 1 N–H and O–H groups in total. The van der Waals surface area contributed by atoms with Gasteiger partial charge in [0.05, 0.1) is 6.61 Å². The molecule has 0 aliphatic rings. The minimum absolute atomic E-state index is 0.152. The largest absolute Gasteiger partial charge is 0.493 e. The third-order valence-electron chi connectivity index (χ3n) is 2.55. The standard InChI is InChI=1S/C15H14O2/c1-2-12-4-5-14-11-15(17-9-3-8-16)7-6-13(14)10-12/h1,4-7,10-11,16H,3,8-9H2. The molecule has 0 amide bonds. The minimum atomic E-state index is 0.152. The first-order valence-electron chi connectivity index (χ1n) is 5.57. The van der Waals surface area contributed by atoms with Crippen molar-refractivity contribution < 1.29 is 9.84 Å². The monoisotopic (exact) mass is 226 g/mol. The number of benzene rings is 2. The Balaban J connectivity index is 2.23. The lowest BCUT2D eigenvalue weighted by atomic mass is 10.1. The third-order valence-corrected chi connectivity index (χ3v) is 2.55. The first-order chi connectivity index (χ1) is 8.33. The van der Waals surface area contributed by atoms with E-state index in [-0.39, 0.29) is 6.61 Å². The van der Waals surface area contributed by atoms with E-state index in [0.717, 1.165) is 22.1 Å². The molecule has 2 rings (SSSR count). The highest BCUT2D eigenvalue weighted by Gasteiger charge is 1.98. The maximum Gasteiger partial charge on any atom is 0.119 e. The highest BCUT2D eigenvalue weighted by atomic mass is 16.5. The van der Waals surface area contributed by atoms with E-state index in [1.165, 1.54) is 0 Å². The van der Waals surface area contributed by atoms with Gasteiger partial charge in [-0.25, -0.2) is 0 Å². The molecule has 0 spiro atoms. The average Bonchev–Trinajstić information content (AvgIpc) is 2.38. The van der Waals surface area contributed by atoms with Gasteiger partial charge >= 0.3 is 0 Å². The molecule has 0 unspecified atom stereocenters. The van der Waals surface area contributed by atoms with Crippen LogP contribution in [0.2, 0.25) is 0 Å². The lowest BCUT2D eigenvalue weighted by molar-refractivity contribution is 0.234. The molecule has 0 saturated carbocycles. The van der Waals surface area contributed by atoms with Crippen LogP contribution in [0.15, 0.2) is 36.4 Å². The fourth-order valence-corrected chi connectivity index (χ4v) is 1.66. The topological polar surface area (TPSA) is 29.5 Å². The molecule has 0 fully saturated rings. The van der Waals surface area contributed by atoms with Crippen LogP contribution in [0, 0.1) is 12.3 Å². The molecule has 0 aliphatic heterocycles. The molecular weight excluding hydrogens is 212 g/mol. The summed E-state index contributed by atoms with van der Waals surface area (Å²) in [6.07, 6.45) is 6.00. The van der Waals surface area contributed by atoms with E-state index in [2.05, 4.69) is 5.92 Å². The van der Waals surface area contributed by atoms with Gasteiger partial charge in [0.2, 0.25) is 0 Å². The first-order valence-corrected chi connectivity index (χ1v) is 5.57. The predicted molar refractivity (Wildman–Crippen MR) is 69.1 cm³/mol. The van der Waals surface area contributed by atoms with Gasteiger partial charge in [0.15, 0.2) is 0 Å². The Morgan fingerprint density at radius 2 is 1.88 bits per heavy atom. The second-order valence-corrected chi connectivity index (χ2v) is 3.79. The summed E-state index contributed by atoms with van der Waals surface area (Å²) in [5, 5.41) is 10.9. The summed E-state index contributed by atoms with van der Waals surface area (Å²) < 4.78 is 5.51. The van der Waals surface area contributed by atoms with E-state index in [1.807, 2.05) is 36.4 Å². The number of aliphatic hydroxyl groups excluding tert-OH is 1. The summed E-state index contributed by atoms with van der Waals surface area (Å²) in [5.74, 6) is 3.44. The lowest BCUT2D eigenvalue weighted by Gasteiger charge is -2.06. The molecular formula is C15H14O2. The second-order valence-electron chi connectivity index (χ2n) is 3.79. The van der Waals surface area contributed by atoms with Crippen molar-refractivity contribution in [3.63, 3.8) is 0 Å². The fraction of sp³-hybridized carbons (Fsp3) is 0.200. The van der Waals surface area contributed by atoms with Gasteiger partial charge in [-0.15, -0.1) is 6.42 Å². The van der Waals surface area contributed by atoms with Crippen LogP contribution in [-0.4, -0.2) is 18.3 Å². The number of ether oxygens (including phenoxy) is 1. The molecule has 86 valence electrons. The van der Waals surface area contributed by atoms with E-state index >= 15 is 0 Å². The first kappa shape index (κ1) is 11.5. The van der Waals surface area contributed by atoms with Crippen LogP contribution < -0.4 is 4.74 Å². The van der Waals surface area contributed by atoms with E-state index in [4.69, 9.17) is 16.3 Å². The van der Waals surface area contributed by atoms with Crippen LogP contribution in [0.25, 0.3) is 10.8 Å². The zero-order chi connectivity index (χ0) is 12.1. The molecule has 0 saturated heterocycles. The van der Waals surface area contributed by atoms with Crippen molar-refractivity contribution >= 4 is 10.8 Å². The Morgan fingerprint density at radius 3 is 2.65 bits per heavy atom. The third kappa shape index (κ3) is 2.77. The number of hydrogen-bond donors (Lipinski definition) is 1. The summed E-state index contributed by atoms with van der Waals surface area (Å²) in [5.41, 5.74) is 0.881. The molecule has 2 heteroatoms. The van der Waals surface area contributed by atoms with E-state index < -0.39 is 0 Å². The van der Waals surface area contributed by atoms with Crippen LogP contribution in [0.4, 0.5) is 0 Å². The van der Waals surface area contributed by atoms with Crippen LogP contribution >= 0.6 is 0 Å². The Kier molecular flexibility index (Phi) is 3.64. The van der Waals surface area contributed by atoms with Crippen molar-refractivity contribution in [3.05, 3.63) is 42.0 Å². The van der Waals surface area contributed by atoms with Crippen LogP contribution in [0.1, 0.15) is 12.0 Å². The molecule has 0 aliphatic carbocycles. The molecule has 0 radical (unpaired) electrons. The zero-order valence-corrected chi connectivity index (χ0v) is 9.52. The Labute approximate surface area is 101 Å². The Morgan fingerprint density at radius 1 is 1.12 bits per heavy atom. The zero-order valence-electron chi connectivity index (χ0n) is 9.52. The van der Waals surface area contributed by atoms with Crippen LogP contribution in [-0.2, 0) is 0 Å². The number of aliphatic hydroxyl groups is 1. The molecule has 0 heterocycles. The maximum atomic E-state index is 8.67. The van der Waals surface area contributed by atoms with E-state index in [1.54, 1.807) is 0 Å². The lowest BCUT2D eigenvalue weighted by Crippen LogP contribution is -1.99. The van der Waals surface area contributed by atoms with Crippen molar-refractivity contribution in [3.8, 4) is 18.1 Å². The second kappa shape index (κ2) is 5.38. The summed E-state index contributed by atoms with van der Waals surface area (Å²) in [6.45, 7) is 0.684. The summed E-state index contributed by atoms with van der Waals surface area (Å²) in [6, 6.07) is 11.8. The predicted octanol–water partition coefficient (Wildman–Crippen LogP) is 2.58. The van der Waals surface area contributed by atoms with Crippen LogP contribution in [0.5, 0.6) is 5.75 Å². The maximum absolute atomic E-state index is 8.67. The van der Waals surface area contributed by atoms with Gasteiger partial charge < -0.3 is 9.84 Å². The molecule has 2 aromatic carbocycles. The summed E-state index contributed by atoms with van der Waals surface area (Å²) >= 11 is 0. The van der Waals surface area contributed by atoms with E-state index in [0.29, 0.717) is 13.0 Å². The molecule has 2 nitrogen and oxygen atoms in total. The molecule has 2 aromatic rings. The van der Waals surface area contributed by atoms with Gasteiger partial charge in [-0.3, -0.25) is 0 Å². The summed E-state index contributed by atoms with van der Waals surface area (Å²) in [4.78, 5) is 0. The van der Waals surface area contributed by atoms with Crippen LogP contribution in [0.3, 0.4) is 0 Å². The van der Waals surface area contributed by atoms with Gasteiger partial charge in [-0.2, -0.15) is 0 Å². The number of rotatable bonds is 4. The van der Waals surface area contributed by atoms with Gasteiger partial charge in [0, 0.05) is 18.6 Å². The van der Waals surface area contributed by atoms with Gasteiger partial charge in [0.1, 0.15) is 5.75 Å². The van der Waals surface area contributed by atoms with Gasteiger partial charge in [-0.1, -0.05) is 18.1 Å². The normalized spacial score (nSPS) is 10.1. The molecule has 0 aromatic heterocycles. The van der Waals surface area contributed by atoms with E-state index in [9.17, 15) is 0 Å². The minimum Gasteiger partial charge on any atom is -0.493 e. The fourth-order valence-electron chi connectivity index (χ4n) is 1.66. The summed E-state index contributed by atoms with van der Waals surface area (Å²) in [7, 11) is 0. The molecule has 17 heavy (non-hydrogen) atoms. The quantitative estimate of drug-likeness (QED) is 0.641. The van der Waals surface area contributed by atoms with Gasteiger partial charge in [-0.05, 0) is 35.0 Å². The van der Waals surface area contributed by atoms with Crippen molar-refractivity contribution in [2.24, 2.45) is 0 Å². The van der Waals surface area contributed by atoms with Gasteiger partial charge in [0.25, 0.3) is 0 Å². The SMILES string of the molecule is C#Cc1ccc2cc(OCCCO)ccc2c1. The van der Waals surface area contributed by atoms with Crippen molar-refractivity contribution in [1.82, 2.24) is 0 Å². The van der Waals surface area contributed by atoms with Crippen molar-refractivity contribution in [1.29, 1.82) is 0 Å². The Hall–Kier alpha value is -1.98. The Bertz CT molecular complexity index is 552. The van der Waals surface area contributed by atoms with Crippen molar-refractivity contribution in [2.45, 2.75) is 6.42 Å². The number of terminal acetylenes is 1. The van der Waals surface area contributed by atoms with Crippen molar-refractivity contribution in [2.75, 3.05) is 13.2 Å². The molecule has 0 bridgehead atoms. The average molecular weight is 226 g/mol. The molecule has 0 atom stereocenters. The highest BCUT2D eigenvalue weighted by molar-refractivity contribution is 5.85. The smallest absolute Gasteiger partial charge is 0.119 e. The highest BCUT2D eigenvalue weighted by Crippen LogP contribution is 2.21.